The maximum atomic E-state index is 10.1. The zero-order valence-corrected chi connectivity index (χ0v) is 13.9. The van der Waals surface area contributed by atoms with Crippen LogP contribution in [0.1, 0.15) is 65.2 Å². The summed E-state index contributed by atoms with van der Waals surface area (Å²) in [5.74, 6) is 3.68. The highest BCUT2D eigenvalue weighted by molar-refractivity contribution is 5.07. The van der Waals surface area contributed by atoms with Crippen LogP contribution in [0, 0.1) is 34.5 Å². The molecule has 0 bridgehead atoms. The summed E-state index contributed by atoms with van der Waals surface area (Å²) in [6.07, 6.45) is 10.5. The Morgan fingerprint density at radius 2 is 1.81 bits per heavy atom. The van der Waals surface area contributed by atoms with Gasteiger partial charge in [0.1, 0.15) is 0 Å². The number of aliphatic hydroxyl groups excluding tert-OH is 1. The normalized spacial score (nSPS) is 57.0. The number of fused-ring (bicyclic) bond motifs is 5. The second-order valence-electron chi connectivity index (χ2n) is 9.24. The smallest absolute Gasteiger partial charge is 0.0543 e. The lowest BCUT2D eigenvalue weighted by molar-refractivity contribution is -0.133. The molecule has 0 aromatic heterocycles. The molecule has 0 aromatic carbocycles. The van der Waals surface area contributed by atoms with Gasteiger partial charge in [-0.05, 0) is 92.4 Å². The van der Waals surface area contributed by atoms with Crippen LogP contribution in [0.15, 0.2) is 0 Å². The van der Waals surface area contributed by atoms with E-state index in [0.29, 0.717) is 10.8 Å². The Hall–Kier alpha value is -0.0800. The number of hydrogen-bond acceptors (Lipinski definition) is 2. The molecular formula is C19H33NO. The largest absolute Gasteiger partial charge is 0.393 e. The fourth-order valence-corrected chi connectivity index (χ4v) is 7.04. The minimum Gasteiger partial charge on any atom is -0.393 e. The van der Waals surface area contributed by atoms with Crippen molar-refractivity contribution < 1.29 is 5.11 Å². The summed E-state index contributed by atoms with van der Waals surface area (Å²) in [5.41, 5.74) is 1.10. The molecule has 7 atom stereocenters. The minimum atomic E-state index is -0.00707. The Kier molecular flexibility index (Phi) is 3.43. The van der Waals surface area contributed by atoms with Gasteiger partial charge in [-0.1, -0.05) is 13.8 Å². The first-order valence-corrected chi connectivity index (χ1v) is 9.42. The Labute approximate surface area is 130 Å². The van der Waals surface area contributed by atoms with Crippen molar-refractivity contribution in [2.24, 2.45) is 34.5 Å². The highest BCUT2D eigenvalue weighted by atomic mass is 16.3. The predicted octanol–water partition coefficient (Wildman–Crippen LogP) is 3.59. The van der Waals surface area contributed by atoms with Crippen molar-refractivity contribution in [1.29, 1.82) is 0 Å². The molecule has 120 valence electrons. The van der Waals surface area contributed by atoms with Crippen LogP contribution < -0.4 is 5.32 Å². The van der Waals surface area contributed by atoms with Crippen molar-refractivity contribution in [3.05, 3.63) is 0 Å². The van der Waals surface area contributed by atoms with E-state index in [1.165, 1.54) is 51.6 Å². The van der Waals surface area contributed by atoms with Crippen molar-refractivity contribution >= 4 is 0 Å². The van der Waals surface area contributed by atoms with Gasteiger partial charge >= 0.3 is 0 Å². The molecular weight excluding hydrogens is 258 g/mol. The van der Waals surface area contributed by atoms with Gasteiger partial charge < -0.3 is 10.4 Å². The van der Waals surface area contributed by atoms with Crippen molar-refractivity contribution in [2.45, 2.75) is 71.3 Å². The molecule has 0 aromatic rings. The third-order valence-electron chi connectivity index (χ3n) is 8.32. The van der Waals surface area contributed by atoms with Gasteiger partial charge in [0.25, 0.3) is 0 Å². The van der Waals surface area contributed by atoms with Gasteiger partial charge in [-0.2, -0.15) is 0 Å². The van der Waals surface area contributed by atoms with Crippen LogP contribution in [-0.2, 0) is 0 Å². The molecule has 4 fully saturated rings. The van der Waals surface area contributed by atoms with Crippen LogP contribution in [0.5, 0.6) is 0 Å². The number of piperidine rings is 1. The molecule has 3 saturated carbocycles. The average molecular weight is 291 g/mol. The number of rotatable bonds is 0. The summed E-state index contributed by atoms with van der Waals surface area (Å²) in [7, 11) is 0. The average Bonchev–Trinajstić information content (AvgIpc) is 2.47. The van der Waals surface area contributed by atoms with Crippen LogP contribution in [-0.4, -0.2) is 24.3 Å². The molecule has 3 aliphatic carbocycles. The van der Waals surface area contributed by atoms with Gasteiger partial charge in [0.05, 0.1) is 6.10 Å². The lowest BCUT2D eigenvalue weighted by Crippen LogP contribution is -2.58. The topological polar surface area (TPSA) is 32.3 Å². The van der Waals surface area contributed by atoms with Gasteiger partial charge in [0.15, 0.2) is 0 Å². The molecule has 0 spiro atoms. The molecule has 2 nitrogen and oxygen atoms in total. The van der Waals surface area contributed by atoms with Crippen molar-refractivity contribution in [1.82, 2.24) is 5.32 Å². The van der Waals surface area contributed by atoms with E-state index in [1.807, 2.05) is 0 Å². The molecule has 1 aliphatic heterocycles. The Morgan fingerprint density at radius 1 is 0.952 bits per heavy atom. The van der Waals surface area contributed by atoms with E-state index in [0.717, 1.165) is 36.5 Å². The molecule has 4 aliphatic rings. The molecule has 4 rings (SSSR count). The maximum absolute atomic E-state index is 10.1. The first-order valence-electron chi connectivity index (χ1n) is 9.42. The number of aliphatic hydroxyl groups is 1. The Bertz CT molecular complexity index is 410. The number of hydrogen-bond donors (Lipinski definition) is 2. The lowest BCUT2D eigenvalue weighted by Gasteiger charge is -2.62. The van der Waals surface area contributed by atoms with Gasteiger partial charge in [0.2, 0.25) is 0 Å². The zero-order chi connectivity index (χ0) is 14.7. The summed E-state index contributed by atoms with van der Waals surface area (Å²) in [6.45, 7) is 7.63. The predicted molar refractivity (Wildman–Crippen MR) is 86.0 cm³/mol. The van der Waals surface area contributed by atoms with E-state index in [9.17, 15) is 5.11 Å². The SMILES string of the molecule is C[C@@]12CC[C@H]3[C@@H](CC[C@H]4C[C@@H](O)CC[C@@]43C)[C@@H]1CCNC2. The van der Waals surface area contributed by atoms with E-state index >= 15 is 0 Å². The van der Waals surface area contributed by atoms with Gasteiger partial charge in [-0.25, -0.2) is 0 Å². The molecule has 21 heavy (non-hydrogen) atoms. The van der Waals surface area contributed by atoms with E-state index in [2.05, 4.69) is 19.2 Å². The maximum Gasteiger partial charge on any atom is 0.0543 e. The first kappa shape index (κ1) is 14.5. The first-order chi connectivity index (χ1) is 10.0. The molecule has 2 N–H and O–H groups in total. The van der Waals surface area contributed by atoms with Crippen LogP contribution in [0.3, 0.4) is 0 Å². The quantitative estimate of drug-likeness (QED) is 0.715. The lowest BCUT2D eigenvalue weighted by atomic mass is 9.44. The van der Waals surface area contributed by atoms with E-state index in [1.54, 1.807) is 0 Å². The third-order valence-corrected chi connectivity index (χ3v) is 8.32. The van der Waals surface area contributed by atoms with E-state index < -0.39 is 0 Å². The second-order valence-corrected chi connectivity index (χ2v) is 9.24. The molecule has 0 radical (unpaired) electrons. The van der Waals surface area contributed by atoms with Gasteiger partial charge in [-0.15, -0.1) is 0 Å². The summed E-state index contributed by atoms with van der Waals surface area (Å²) in [4.78, 5) is 0. The van der Waals surface area contributed by atoms with Gasteiger partial charge in [0, 0.05) is 6.54 Å². The van der Waals surface area contributed by atoms with Crippen LogP contribution >= 0.6 is 0 Å². The highest BCUT2D eigenvalue weighted by Crippen LogP contribution is 2.63. The summed E-state index contributed by atoms with van der Waals surface area (Å²) < 4.78 is 0. The van der Waals surface area contributed by atoms with Crippen LogP contribution in [0.25, 0.3) is 0 Å². The van der Waals surface area contributed by atoms with Gasteiger partial charge in [-0.3, -0.25) is 0 Å². The van der Waals surface area contributed by atoms with Crippen LogP contribution in [0.4, 0.5) is 0 Å². The summed E-state index contributed by atoms with van der Waals surface area (Å²) in [5, 5.41) is 13.7. The minimum absolute atomic E-state index is 0.00707. The Balaban J connectivity index is 1.61. The highest BCUT2D eigenvalue weighted by Gasteiger charge is 2.57. The van der Waals surface area contributed by atoms with Crippen molar-refractivity contribution in [3.63, 3.8) is 0 Å². The number of nitrogens with one attached hydrogen (secondary N) is 1. The molecule has 0 amide bonds. The summed E-state index contributed by atoms with van der Waals surface area (Å²) in [6, 6.07) is 0. The molecule has 0 unspecified atom stereocenters. The van der Waals surface area contributed by atoms with Crippen LogP contribution in [0.2, 0.25) is 0 Å². The standard InChI is InChI=1S/C19H33NO/c1-18-8-6-17-15(16(18)7-10-20-12-18)4-3-13-11-14(21)5-9-19(13,17)2/h13-17,20-21H,3-12H2,1-2H3/t13-,14-,15-,16-,17-,18-,19-/m0/s1. The molecule has 1 saturated heterocycles. The van der Waals surface area contributed by atoms with E-state index in [4.69, 9.17) is 0 Å². The second kappa shape index (κ2) is 4.96. The monoisotopic (exact) mass is 291 g/mol. The Morgan fingerprint density at radius 3 is 2.67 bits per heavy atom. The molecule has 1 heterocycles. The van der Waals surface area contributed by atoms with Crippen molar-refractivity contribution in [3.8, 4) is 0 Å². The van der Waals surface area contributed by atoms with Crippen molar-refractivity contribution in [2.75, 3.05) is 13.1 Å². The fourth-order valence-electron chi connectivity index (χ4n) is 7.04. The van der Waals surface area contributed by atoms with E-state index in [-0.39, 0.29) is 6.10 Å². The third kappa shape index (κ3) is 2.12. The molecule has 2 heteroatoms. The summed E-state index contributed by atoms with van der Waals surface area (Å²) >= 11 is 0. The fraction of sp³-hybridized carbons (Fsp3) is 1.00. The zero-order valence-electron chi connectivity index (χ0n) is 13.9.